The Morgan fingerprint density at radius 2 is 1.83 bits per heavy atom. The molecule has 0 radical (unpaired) electrons. The number of rotatable bonds is 4. The van der Waals surface area contributed by atoms with E-state index >= 15 is 0 Å². The number of ether oxygens (including phenoxy) is 1. The van der Waals surface area contributed by atoms with Crippen LogP contribution in [-0.4, -0.2) is 26.9 Å². The van der Waals surface area contributed by atoms with Crippen molar-refractivity contribution < 1.29 is 17.9 Å². The van der Waals surface area contributed by atoms with Gasteiger partial charge in [-0.3, -0.25) is 4.68 Å². The molecular formula is C20H14ClF3N4O. The average Bonchev–Trinajstić information content (AvgIpc) is 3.11. The molecule has 0 unspecified atom stereocenters. The smallest absolute Gasteiger partial charge is 0.416 e. The number of hydrogen-bond donors (Lipinski definition) is 0. The summed E-state index contributed by atoms with van der Waals surface area (Å²) < 4.78 is 45.8. The summed E-state index contributed by atoms with van der Waals surface area (Å²) in [6.45, 7) is 0.468. The van der Waals surface area contributed by atoms with Crippen molar-refractivity contribution in [3.8, 4) is 17.1 Å². The molecular weight excluding hydrogens is 405 g/mol. The van der Waals surface area contributed by atoms with Gasteiger partial charge in [0.1, 0.15) is 16.8 Å². The van der Waals surface area contributed by atoms with Crippen LogP contribution in [0.5, 0.6) is 5.75 Å². The van der Waals surface area contributed by atoms with E-state index in [9.17, 15) is 13.2 Å². The van der Waals surface area contributed by atoms with Crippen molar-refractivity contribution in [3.05, 3.63) is 71.0 Å². The van der Waals surface area contributed by atoms with Gasteiger partial charge < -0.3 is 4.74 Å². The summed E-state index contributed by atoms with van der Waals surface area (Å²) in [5.41, 5.74) is 1.28. The zero-order valence-corrected chi connectivity index (χ0v) is 15.9. The standard InChI is InChI=1S/C20H14ClF3N4O/c1-29-15-7-5-12(6-8-15)10-28-11-16-17(27-28)18(21)26-19(25-16)13-3-2-4-14(9-13)20(22,23)24/h2-9,11H,10H2,1H3. The highest BCUT2D eigenvalue weighted by Gasteiger charge is 2.30. The van der Waals surface area contributed by atoms with Gasteiger partial charge in [0.2, 0.25) is 0 Å². The largest absolute Gasteiger partial charge is 0.497 e. The summed E-state index contributed by atoms with van der Waals surface area (Å²) in [7, 11) is 1.60. The molecule has 148 valence electrons. The molecule has 2 heterocycles. The summed E-state index contributed by atoms with van der Waals surface area (Å²) in [6.07, 6.45) is -2.77. The highest BCUT2D eigenvalue weighted by molar-refractivity contribution is 6.33. The van der Waals surface area contributed by atoms with Gasteiger partial charge in [0.25, 0.3) is 0 Å². The van der Waals surface area contributed by atoms with E-state index in [0.29, 0.717) is 17.6 Å². The molecule has 2 aromatic heterocycles. The van der Waals surface area contributed by atoms with Crippen molar-refractivity contribution >= 4 is 22.6 Å². The van der Waals surface area contributed by atoms with E-state index in [1.54, 1.807) is 18.0 Å². The van der Waals surface area contributed by atoms with Gasteiger partial charge in [0, 0.05) is 5.56 Å². The van der Waals surface area contributed by atoms with Crippen LogP contribution >= 0.6 is 11.6 Å². The predicted octanol–water partition coefficient (Wildman–Crippen LogP) is 5.22. The molecule has 0 atom stereocenters. The van der Waals surface area contributed by atoms with E-state index < -0.39 is 11.7 Å². The van der Waals surface area contributed by atoms with Crippen LogP contribution < -0.4 is 4.74 Å². The first-order valence-corrected chi connectivity index (χ1v) is 8.92. The highest BCUT2D eigenvalue weighted by Crippen LogP contribution is 2.32. The van der Waals surface area contributed by atoms with Gasteiger partial charge in [-0.2, -0.15) is 18.3 Å². The summed E-state index contributed by atoms with van der Waals surface area (Å²) in [6, 6.07) is 12.3. The molecule has 0 saturated carbocycles. The lowest BCUT2D eigenvalue weighted by Gasteiger charge is -2.08. The Labute approximate surface area is 168 Å². The van der Waals surface area contributed by atoms with Crippen molar-refractivity contribution in [2.75, 3.05) is 7.11 Å². The Kier molecular flexibility index (Phi) is 4.87. The molecule has 5 nitrogen and oxygen atoms in total. The van der Waals surface area contributed by atoms with Gasteiger partial charge in [-0.15, -0.1) is 0 Å². The lowest BCUT2D eigenvalue weighted by atomic mass is 10.1. The number of halogens is 4. The molecule has 0 aliphatic heterocycles. The van der Waals surface area contributed by atoms with E-state index in [1.807, 2.05) is 24.3 Å². The third-order valence-corrected chi connectivity index (χ3v) is 4.58. The molecule has 29 heavy (non-hydrogen) atoms. The number of nitrogens with zero attached hydrogens (tertiary/aromatic N) is 4. The van der Waals surface area contributed by atoms with E-state index in [1.165, 1.54) is 12.1 Å². The second kappa shape index (κ2) is 7.36. The van der Waals surface area contributed by atoms with E-state index in [2.05, 4.69) is 15.1 Å². The zero-order valence-electron chi connectivity index (χ0n) is 15.1. The molecule has 0 fully saturated rings. The maximum absolute atomic E-state index is 13.0. The lowest BCUT2D eigenvalue weighted by Crippen LogP contribution is -2.04. The minimum atomic E-state index is -4.45. The topological polar surface area (TPSA) is 52.8 Å². The first kappa shape index (κ1) is 19.2. The predicted molar refractivity (Wildman–Crippen MR) is 103 cm³/mol. The molecule has 0 N–H and O–H groups in total. The Morgan fingerprint density at radius 3 is 2.52 bits per heavy atom. The van der Waals surface area contributed by atoms with E-state index in [-0.39, 0.29) is 16.5 Å². The van der Waals surface area contributed by atoms with Crippen LogP contribution in [-0.2, 0) is 12.7 Å². The van der Waals surface area contributed by atoms with Crippen LogP contribution in [0.15, 0.2) is 54.7 Å². The van der Waals surface area contributed by atoms with Crippen LogP contribution in [0.3, 0.4) is 0 Å². The SMILES string of the molecule is COc1ccc(Cn2cc3nc(-c4cccc(C(F)(F)F)c4)nc(Cl)c3n2)cc1. The van der Waals surface area contributed by atoms with E-state index in [0.717, 1.165) is 23.4 Å². The third kappa shape index (κ3) is 4.02. The molecule has 0 amide bonds. The Morgan fingerprint density at radius 1 is 1.07 bits per heavy atom. The molecule has 0 aliphatic carbocycles. The van der Waals surface area contributed by atoms with Gasteiger partial charge >= 0.3 is 6.18 Å². The van der Waals surface area contributed by atoms with Crippen LogP contribution in [0.1, 0.15) is 11.1 Å². The van der Waals surface area contributed by atoms with Gasteiger partial charge in [0.05, 0.1) is 25.4 Å². The molecule has 0 aliphatic rings. The summed E-state index contributed by atoms with van der Waals surface area (Å²) >= 11 is 6.23. The fraction of sp³-hybridized carbons (Fsp3) is 0.150. The summed E-state index contributed by atoms with van der Waals surface area (Å²) in [5.74, 6) is 0.858. The summed E-state index contributed by atoms with van der Waals surface area (Å²) in [4.78, 5) is 8.49. The zero-order chi connectivity index (χ0) is 20.6. The molecule has 0 spiro atoms. The number of benzene rings is 2. The van der Waals surface area contributed by atoms with Crippen molar-refractivity contribution in [1.29, 1.82) is 0 Å². The van der Waals surface area contributed by atoms with Crippen LogP contribution in [0.4, 0.5) is 13.2 Å². The number of aromatic nitrogens is 4. The van der Waals surface area contributed by atoms with Gasteiger partial charge in [-0.1, -0.05) is 35.9 Å². The Bertz CT molecular complexity index is 1170. The molecule has 0 saturated heterocycles. The number of methoxy groups -OCH3 is 1. The maximum Gasteiger partial charge on any atom is 0.416 e. The van der Waals surface area contributed by atoms with Crippen molar-refractivity contribution in [2.45, 2.75) is 12.7 Å². The van der Waals surface area contributed by atoms with Crippen molar-refractivity contribution in [3.63, 3.8) is 0 Å². The Balaban J connectivity index is 1.68. The fourth-order valence-electron chi connectivity index (χ4n) is 2.89. The second-order valence-corrected chi connectivity index (χ2v) is 6.68. The van der Waals surface area contributed by atoms with Crippen LogP contribution in [0, 0.1) is 0 Å². The van der Waals surface area contributed by atoms with Gasteiger partial charge in [-0.05, 0) is 29.8 Å². The average molecular weight is 419 g/mol. The van der Waals surface area contributed by atoms with Crippen LogP contribution in [0.2, 0.25) is 5.15 Å². The van der Waals surface area contributed by atoms with E-state index in [4.69, 9.17) is 16.3 Å². The molecule has 9 heteroatoms. The lowest BCUT2D eigenvalue weighted by molar-refractivity contribution is -0.137. The number of fused-ring (bicyclic) bond motifs is 1. The maximum atomic E-state index is 13.0. The molecule has 4 rings (SSSR count). The van der Waals surface area contributed by atoms with Crippen molar-refractivity contribution in [1.82, 2.24) is 19.7 Å². The Hall–Kier alpha value is -3.13. The highest BCUT2D eigenvalue weighted by atomic mass is 35.5. The van der Waals surface area contributed by atoms with Gasteiger partial charge in [0.15, 0.2) is 11.0 Å². The second-order valence-electron chi connectivity index (χ2n) is 6.33. The van der Waals surface area contributed by atoms with Gasteiger partial charge in [-0.25, -0.2) is 9.97 Å². The quantitative estimate of drug-likeness (QED) is 0.426. The number of alkyl halides is 3. The first-order chi connectivity index (χ1) is 13.8. The molecule has 0 bridgehead atoms. The number of hydrogen-bond acceptors (Lipinski definition) is 4. The first-order valence-electron chi connectivity index (χ1n) is 8.55. The van der Waals surface area contributed by atoms with Crippen LogP contribution in [0.25, 0.3) is 22.4 Å². The summed E-state index contributed by atoms with van der Waals surface area (Å²) in [5, 5.41) is 4.47. The minimum Gasteiger partial charge on any atom is -0.497 e. The normalized spacial score (nSPS) is 11.8. The molecule has 4 aromatic rings. The third-order valence-electron chi connectivity index (χ3n) is 4.32. The minimum absolute atomic E-state index is 0.0795. The fourth-order valence-corrected chi connectivity index (χ4v) is 3.10. The van der Waals surface area contributed by atoms with Crippen molar-refractivity contribution in [2.24, 2.45) is 0 Å². The monoisotopic (exact) mass is 418 g/mol. The molecule has 2 aromatic carbocycles.